The molecule has 0 aliphatic carbocycles. The minimum absolute atomic E-state index is 0.0499. The van der Waals surface area contributed by atoms with Crippen molar-refractivity contribution in [1.29, 1.82) is 0 Å². The molecule has 20 heavy (non-hydrogen) atoms. The summed E-state index contributed by atoms with van der Waals surface area (Å²) in [7, 11) is 0. The fraction of sp³-hybridized carbons (Fsp3) is 0.357. The van der Waals surface area contributed by atoms with Crippen molar-refractivity contribution in [2.45, 2.75) is 26.2 Å². The zero-order valence-corrected chi connectivity index (χ0v) is 11.3. The van der Waals surface area contributed by atoms with Gasteiger partial charge in [0.2, 0.25) is 11.8 Å². The van der Waals surface area contributed by atoms with E-state index in [4.69, 9.17) is 4.52 Å². The van der Waals surface area contributed by atoms with E-state index < -0.39 is 0 Å². The maximum absolute atomic E-state index is 13.6. The SMILES string of the molecule is Cc1nc(C2CC(=O)N(c3cccc(F)c3C)C2)no1. The molecular weight excluding hydrogens is 261 g/mol. The van der Waals surface area contributed by atoms with Crippen molar-refractivity contribution in [2.24, 2.45) is 0 Å². The number of halogens is 1. The van der Waals surface area contributed by atoms with Crippen molar-refractivity contribution in [2.75, 3.05) is 11.4 Å². The maximum Gasteiger partial charge on any atom is 0.227 e. The van der Waals surface area contributed by atoms with Crippen molar-refractivity contribution in [3.63, 3.8) is 0 Å². The Morgan fingerprint density at radius 1 is 1.40 bits per heavy atom. The third-order valence-corrected chi connectivity index (χ3v) is 3.56. The molecule has 1 unspecified atom stereocenters. The summed E-state index contributed by atoms with van der Waals surface area (Å²) < 4.78 is 18.6. The van der Waals surface area contributed by atoms with Gasteiger partial charge in [-0.15, -0.1) is 0 Å². The summed E-state index contributed by atoms with van der Waals surface area (Å²) in [5, 5.41) is 3.86. The van der Waals surface area contributed by atoms with E-state index in [-0.39, 0.29) is 17.6 Å². The Bertz CT molecular complexity index is 668. The van der Waals surface area contributed by atoms with Crippen molar-refractivity contribution < 1.29 is 13.7 Å². The highest BCUT2D eigenvalue weighted by atomic mass is 19.1. The van der Waals surface area contributed by atoms with Crippen LogP contribution in [0.3, 0.4) is 0 Å². The molecule has 6 heteroatoms. The van der Waals surface area contributed by atoms with Crippen LogP contribution < -0.4 is 4.90 Å². The van der Waals surface area contributed by atoms with Crippen LogP contribution in [-0.2, 0) is 4.79 Å². The summed E-state index contributed by atoms with van der Waals surface area (Å²) in [5.74, 6) is 0.545. The molecule has 1 aliphatic rings. The molecule has 0 N–H and O–H groups in total. The monoisotopic (exact) mass is 275 g/mol. The lowest BCUT2D eigenvalue weighted by molar-refractivity contribution is -0.117. The van der Waals surface area contributed by atoms with Gasteiger partial charge in [-0.3, -0.25) is 4.79 Å². The van der Waals surface area contributed by atoms with Gasteiger partial charge in [-0.05, 0) is 19.1 Å². The maximum atomic E-state index is 13.6. The normalized spacial score (nSPS) is 18.9. The number of hydrogen-bond donors (Lipinski definition) is 0. The highest BCUT2D eigenvalue weighted by Gasteiger charge is 2.35. The van der Waals surface area contributed by atoms with Gasteiger partial charge in [0.1, 0.15) is 5.82 Å². The summed E-state index contributed by atoms with van der Waals surface area (Å²) in [5.41, 5.74) is 1.09. The Balaban J connectivity index is 1.89. The zero-order valence-electron chi connectivity index (χ0n) is 11.3. The van der Waals surface area contributed by atoms with E-state index in [2.05, 4.69) is 10.1 Å². The van der Waals surface area contributed by atoms with Crippen LogP contribution >= 0.6 is 0 Å². The second-order valence-electron chi connectivity index (χ2n) is 4.96. The van der Waals surface area contributed by atoms with E-state index in [1.54, 1.807) is 30.9 Å². The van der Waals surface area contributed by atoms with Gasteiger partial charge >= 0.3 is 0 Å². The fourth-order valence-electron chi connectivity index (χ4n) is 2.48. The van der Waals surface area contributed by atoms with Crippen molar-refractivity contribution >= 4 is 11.6 Å². The van der Waals surface area contributed by atoms with E-state index in [9.17, 15) is 9.18 Å². The molecule has 104 valence electrons. The summed E-state index contributed by atoms with van der Waals surface area (Å²) in [6.07, 6.45) is 0.314. The first-order valence-corrected chi connectivity index (χ1v) is 6.42. The molecule has 1 aliphatic heterocycles. The van der Waals surface area contributed by atoms with Crippen LogP contribution in [0, 0.1) is 19.7 Å². The first kappa shape index (κ1) is 12.8. The van der Waals surface area contributed by atoms with Gasteiger partial charge in [0.15, 0.2) is 5.82 Å². The summed E-state index contributed by atoms with van der Waals surface area (Å²) >= 11 is 0. The van der Waals surface area contributed by atoms with Crippen molar-refractivity contribution in [1.82, 2.24) is 10.1 Å². The van der Waals surface area contributed by atoms with Crippen LogP contribution in [0.15, 0.2) is 22.7 Å². The molecule has 1 atom stereocenters. The van der Waals surface area contributed by atoms with Crippen LogP contribution in [0.1, 0.15) is 29.6 Å². The topological polar surface area (TPSA) is 59.2 Å². The van der Waals surface area contributed by atoms with Crippen LogP contribution in [0.4, 0.5) is 10.1 Å². The first-order chi connectivity index (χ1) is 9.56. The standard InChI is InChI=1S/C14H14FN3O2/c1-8-11(15)4-3-5-12(8)18-7-10(6-13(18)19)14-16-9(2)20-17-14/h3-5,10H,6-7H2,1-2H3. The number of rotatable bonds is 2. The molecule has 0 radical (unpaired) electrons. The molecule has 0 bridgehead atoms. The number of nitrogens with zero attached hydrogens (tertiary/aromatic N) is 3. The van der Waals surface area contributed by atoms with Crippen molar-refractivity contribution in [3.05, 3.63) is 41.3 Å². The Morgan fingerprint density at radius 3 is 2.90 bits per heavy atom. The Kier molecular flexibility index (Phi) is 3.00. The number of amides is 1. The lowest BCUT2D eigenvalue weighted by atomic mass is 10.1. The lowest BCUT2D eigenvalue weighted by Crippen LogP contribution is -2.25. The minimum atomic E-state index is -0.311. The van der Waals surface area contributed by atoms with E-state index in [1.165, 1.54) is 6.07 Å². The number of hydrogen-bond acceptors (Lipinski definition) is 4. The molecule has 1 saturated heterocycles. The second-order valence-corrected chi connectivity index (χ2v) is 4.96. The Labute approximate surface area is 115 Å². The minimum Gasteiger partial charge on any atom is -0.340 e. The molecule has 5 nitrogen and oxygen atoms in total. The number of aryl methyl sites for hydroxylation is 1. The van der Waals surface area contributed by atoms with Crippen LogP contribution in [-0.4, -0.2) is 22.6 Å². The lowest BCUT2D eigenvalue weighted by Gasteiger charge is -2.18. The number of anilines is 1. The third-order valence-electron chi connectivity index (χ3n) is 3.56. The Hall–Kier alpha value is -2.24. The number of carbonyl (C=O) groups is 1. The fourth-order valence-corrected chi connectivity index (χ4v) is 2.48. The number of carbonyl (C=O) groups excluding carboxylic acids is 1. The Morgan fingerprint density at radius 2 is 2.20 bits per heavy atom. The van der Waals surface area contributed by atoms with Crippen LogP contribution in [0.5, 0.6) is 0 Å². The molecule has 1 aromatic heterocycles. The van der Waals surface area contributed by atoms with Gasteiger partial charge in [-0.2, -0.15) is 4.98 Å². The molecule has 1 fully saturated rings. The molecule has 0 spiro atoms. The third kappa shape index (κ3) is 2.07. The second kappa shape index (κ2) is 4.70. The smallest absolute Gasteiger partial charge is 0.227 e. The molecule has 2 aromatic rings. The molecular formula is C14H14FN3O2. The predicted molar refractivity (Wildman–Crippen MR) is 69.9 cm³/mol. The largest absolute Gasteiger partial charge is 0.340 e. The summed E-state index contributed by atoms with van der Waals surface area (Å²) in [6.45, 7) is 3.83. The molecule has 3 rings (SSSR count). The van der Waals surface area contributed by atoms with Gasteiger partial charge in [-0.1, -0.05) is 11.2 Å². The van der Waals surface area contributed by atoms with Crippen LogP contribution in [0.2, 0.25) is 0 Å². The summed E-state index contributed by atoms with van der Waals surface area (Å²) in [6, 6.07) is 4.75. The van der Waals surface area contributed by atoms with E-state index in [1.807, 2.05) is 0 Å². The average Bonchev–Trinajstić information content (AvgIpc) is 2.99. The highest BCUT2D eigenvalue weighted by Crippen LogP contribution is 2.32. The zero-order chi connectivity index (χ0) is 14.3. The number of benzene rings is 1. The molecule has 0 saturated carbocycles. The number of aromatic nitrogens is 2. The van der Waals surface area contributed by atoms with E-state index in [0.717, 1.165) is 0 Å². The van der Waals surface area contributed by atoms with Gasteiger partial charge in [-0.25, -0.2) is 4.39 Å². The van der Waals surface area contributed by atoms with Crippen molar-refractivity contribution in [3.8, 4) is 0 Å². The van der Waals surface area contributed by atoms with Gasteiger partial charge in [0.05, 0.1) is 0 Å². The quantitative estimate of drug-likeness (QED) is 0.844. The van der Waals surface area contributed by atoms with E-state index >= 15 is 0 Å². The summed E-state index contributed by atoms with van der Waals surface area (Å²) in [4.78, 5) is 17.9. The molecule has 1 aromatic carbocycles. The van der Waals surface area contributed by atoms with E-state index in [0.29, 0.717) is 35.9 Å². The van der Waals surface area contributed by atoms with Crippen LogP contribution in [0.25, 0.3) is 0 Å². The molecule has 1 amide bonds. The van der Waals surface area contributed by atoms with Gasteiger partial charge < -0.3 is 9.42 Å². The molecule has 2 heterocycles. The highest BCUT2D eigenvalue weighted by molar-refractivity contribution is 5.97. The average molecular weight is 275 g/mol. The first-order valence-electron chi connectivity index (χ1n) is 6.42. The predicted octanol–water partition coefficient (Wildman–Crippen LogP) is 2.35. The van der Waals surface area contributed by atoms with Gasteiger partial charge in [0, 0.05) is 37.1 Å². The van der Waals surface area contributed by atoms with Gasteiger partial charge in [0.25, 0.3) is 0 Å².